The highest BCUT2D eigenvalue weighted by Gasteiger charge is 2.22. The third kappa shape index (κ3) is 4.66. The molecule has 1 fully saturated rings. The molecule has 0 atom stereocenters. The van der Waals surface area contributed by atoms with E-state index >= 15 is 0 Å². The zero-order valence-corrected chi connectivity index (χ0v) is 15.1. The van der Waals surface area contributed by atoms with Crippen molar-refractivity contribution in [2.45, 2.75) is 64.2 Å². The SMILES string of the molecule is CCCCCC1CCC(c2cnc(-c3ccc(C#N)cc3)nc2)CC1. The number of hydrogen-bond acceptors (Lipinski definition) is 3. The average molecular weight is 333 g/mol. The van der Waals surface area contributed by atoms with E-state index in [1.807, 2.05) is 36.7 Å². The van der Waals surface area contributed by atoms with Gasteiger partial charge in [-0.25, -0.2) is 9.97 Å². The Balaban J connectivity index is 1.57. The van der Waals surface area contributed by atoms with Gasteiger partial charge in [-0.1, -0.05) is 32.6 Å². The largest absolute Gasteiger partial charge is 0.236 e. The Kier molecular flexibility index (Phi) is 6.17. The normalized spacial score (nSPS) is 20.2. The molecule has 0 bridgehead atoms. The van der Waals surface area contributed by atoms with Crippen molar-refractivity contribution in [2.24, 2.45) is 5.92 Å². The molecule has 1 aliphatic rings. The smallest absolute Gasteiger partial charge is 0.159 e. The highest BCUT2D eigenvalue weighted by molar-refractivity contribution is 5.56. The summed E-state index contributed by atoms with van der Waals surface area (Å²) in [6.07, 6.45) is 14.8. The monoisotopic (exact) mass is 333 g/mol. The van der Waals surface area contributed by atoms with Gasteiger partial charge in [0.1, 0.15) is 0 Å². The van der Waals surface area contributed by atoms with E-state index in [0.717, 1.165) is 17.3 Å². The van der Waals surface area contributed by atoms with Crippen molar-refractivity contribution in [2.75, 3.05) is 0 Å². The number of nitriles is 1. The molecule has 3 heteroatoms. The van der Waals surface area contributed by atoms with Crippen LogP contribution in [-0.4, -0.2) is 9.97 Å². The molecular formula is C22H27N3. The third-order valence-corrected chi connectivity index (χ3v) is 5.48. The molecule has 0 spiro atoms. The van der Waals surface area contributed by atoms with Gasteiger partial charge in [-0.2, -0.15) is 5.26 Å². The van der Waals surface area contributed by atoms with Gasteiger partial charge in [0, 0.05) is 18.0 Å². The van der Waals surface area contributed by atoms with Crippen LogP contribution in [-0.2, 0) is 0 Å². The first-order valence-corrected chi connectivity index (χ1v) is 9.62. The molecule has 0 amide bonds. The van der Waals surface area contributed by atoms with Crippen molar-refractivity contribution >= 4 is 0 Å². The van der Waals surface area contributed by atoms with Crippen molar-refractivity contribution in [3.05, 3.63) is 47.8 Å². The molecule has 0 aliphatic heterocycles. The summed E-state index contributed by atoms with van der Waals surface area (Å²) in [6.45, 7) is 2.28. The van der Waals surface area contributed by atoms with Crippen LogP contribution in [0.2, 0.25) is 0 Å². The van der Waals surface area contributed by atoms with Crippen LogP contribution in [0, 0.1) is 17.2 Å². The Bertz CT molecular complexity index is 690. The number of unbranched alkanes of at least 4 members (excludes halogenated alkanes) is 2. The summed E-state index contributed by atoms with van der Waals surface area (Å²) in [6, 6.07) is 9.58. The highest BCUT2D eigenvalue weighted by Crippen LogP contribution is 2.37. The van der Waals surface area contributed by atoms with E-state index < -0.39 is 0 Å². The molecule has 130 valence electrons. The fourth-order valence-corrected chi connectivity index (χ4v) is 3.86. The zero-order valence-electron chi connectivity index (χ0n) is 15.1. The Morgan fingerprint density at radius 2 is 1.68 bits per heavy atom. The molecule has 0 saturated heterocycles. The second kappa shape index (κ2) is 8.76. The molecular weight excluding hydrogens is 306 g/mol. The molecule has 1 aromatic heterocycles. The third-order valence-electron chi connectivity index (χ3n) is 5.48. The van der Waals surface area contributed by atoms with Gasteiger partial charge in [0.05, 0.1) is 11.6 Å². The number of aromatic nitrogens is 2. The summed E-state index contributed by atoms with van der Waals surface area (Å²) in [5.41, 5.74) is 2.91. The van der Waals surface area contributed by atoms with Gasteiger partial charge < -0.3 is 0 Å². The molecule has 0 radical (unpaired) electrons. The molecule has 1 saturated carbocycles. The molecule has 1 heterocycles. The van der Waals surface area contributed by atoms with E-state index in [4.69, 9.17) is 5.26 Å². The predicted molar refractivity (Wildman–Crippen MR) is 101 cm³/mol. The Morgan fingerprint density at radius 3 is 2.28 bits per heavy atom. The predicted octanol–water partition coefficient (Wildman–Crippen LogP) is 5.87. The Morgan fingerprint density at radius 1 is 1.00 bits per heavy atom. The number of hydrogen-bond donors (Lipinski definition) is 0. The first kappa shape index (κ1) is 17.6. The maximum atomic E-state index is 8.88. The van der Waals surface area contributed by atoms with Crippen LogP contribution in [0.1, 0.15) is 75.3 Å². The minimum absolute atomic E-state index is 0.623. The highest BCUT2D eigenvalue weighted by atomic mass is 14.9. The van der Waals surface area contributed by atoms with Crippen molar-refractivity contribution < 1.29 is 0 Å². The van der Waals surface area contributed by atoms with E-state index in [9.17, 15) is 0 Å². The lowest BCUT2D eigenvalue weighted by Crippen LogP contribution is -2.14. The maximum Gasteiger partial charge on any atom is 0.159 e. The van der Waals surface area contributed by atoms with Crippen LogP contribution in [0.3, 0.4) is 0 Å². The summed E-state index contributed by atoms with van der Waals surface area (Å²) < 4.78 is 0. The maximum absolute atomic E-state index is 8.88. The molecule has 3 nitrogen and oxygen atoms in total. The van der Waals surface area contributed by atoms with Gasteiger partial charge in [0.2, 0.25) is 0 Å². The van der Waals surface area contributed by atoms with Crippen LogP contribution >= 0.6 is 0 Å². The second-order valence-corrected chi connectivity index (χ2v) is 7.24. The van der Waals surface area contributed by atoms with Crippen molar-refractivity contribution in [1.29, 1.82) is 5.26 Å². The molecule has 0 N–H and O–H groups in total. The molecule has 1 aliphatic carbocycles. The lowest BCUT2D eigenvalue weighted by Gasteiger charge is -2.28. The molecule has 3 rings (SSSR count). The minimum atomic E-state index is 0.623. The van der Waals surface area contributed by atoms with Crippen molar-refractivity contribution in [3.63, 3.8) is 0 Å². The summed E-state index contributed by atoms with van der Waals surface area (Å²) in [5, 5.41) is 8.88. The van der Waals surface area contributed by atoms with Gasteiger partial charge in [0.15, 0.2) is 5.82 Å². The summed E-state index contributed by atoms with van der Waals surface area (Å²) in [7, 11) is 0. The summed E-state index contributed by atoms with van der Waals surface area (Å²) in [5.74, 6) is 2.29. The minimum Gasteiger partial charge on any atom is -0.236 e. The second-order valence-electron chi connectivity index (χ2n) is 7.24. The molecule has 0 unspecified atom stereocenters. The van der Waals surface area contributed by atoms with E-state index in [2.05, 4.69) is 23.0 Å². The van der Waals surface area contributed by atoms with Crippen molar-refractivity contribution in [3.8, 4) is 17.5 Å². The van der Waals surface area contributed by atoms with Gasteiger partial charge in [-0.3, -0.25) is 0 Å². The van der Waals surface area contributed by atoms with E-state index in [0.29, 0.717) is 11.5 Å². The zero-order chi connectivity index (χ0) is 17.5. The Labute approximate surface area is 151 Å². The Hall–Kier alpha value is -2.21. The van der Waals surface area contributed by atoms with E-state index in [1.165, 1.54) is 56.9 Å². The fourth-order valence-electron chi connectivity index (χ4n) is 3.86. The average Bonchev–Trinajstić information content (AvgIpc) is 2.69. The molecule has 2 aromatic rings. The molecule has 25 heavy (non-hydrogen) atoms. The molecule has 1 aromatic carbocycles. The van der Waals surface area contributed by atoms with Crippen molar-refractivity contribution in [1.82, 2.24) is 9.97 Å². The number of rotatable bonds is 6. The van der Waals surface area contributed by atoms with Crippen LogP contribution in [0.5, 0.6) is 0 Å². The van der Waals surface area contributed by atoms with Crippen LogP contribution in [0.4, 0.5) is 0 Å². The first-order valence-electron chi connectivity index (χ1n) is 9.62. The lowest BCUT2D eigenvalue weighted by molar-refractivity contribution is 0.302. The number of benzene rings is 1. The summed E-state index contributed by atoms with van der Waals surface area (Å²) >= 11 is 0. The quantitative estimate of drug-likeness (QED) is 0.621. The van der Waals surface area contributed by atoms with Crippen LogP contribution in [0.25, 0.3) is 11.4 Å². The lowest BCUT2D eigenvalue weighted by atomic mass is 9.77. The van der Waals surface area contributed by atoms with E-state index in [-0.39, 0.29) is 0 Å². The van der Waals surface area contributed by atoms with Gasteiger partial charge >= 0.3 is 0 Å². The first-order chi connectivity index (χ1) is 12.3. The fraction of sp³-hybridized carbons (Fsp3) is 0.500. The van der Waals surface area contributed by atoms with Gasteiger partial charge in [-0.05, 0) is 67.3 Å². The standard InChI is InChI=1S/C22H27N3/c1-2-3-4-5-17-6-10-19(11-7-17)21-15-24-22(25-16-21)20-12-8-18(14-23)9-13-20/h8-9,12-13,15-17,19H,2-7,10-11H2,1H3. The van der Waals surface area contributed by atoms with Crippen LogP contribution < -0.4 is 0 Å². The van der Waals surface area contributed by atoms with Crippen LogP contribution in [0.15, 0.2) is 36.7 Å². The van der Waals surface area contributed by atoms with E-state index in [1.54, 1.807) is 0 Å². The number of nitrogens with zero attached hydrogens (tertiary/aromatic N) is 3. The topological polar surface area (TPSA) is 49.6 Å². The van der Waals surface area contributed by atoms with Gasteiger partial charge in [0.25, 0.3) is 0 Å². The summed E-state index contributed by atoms with van der Waals surface area (Å²) in [4.78, 5) is 9.13. The van der Waals surface area contributed by atoms with Gasteiger partial charge in [-0.15, -0.1) is 0 Å².